The normalized spacial score (nSPS) is 11.3. The van der Waals surface area contributed by atoms with E-state index < -0.39 is 24.4 Å². The van der Waals surface area contributed by atoms with Gasteiger partial charge in [-0.2, -0.15) is 13.2 Å². The molecule has 0 atom stereocenters. The highest BCUT2D eigenvalue weighted by Gasteiger charge is 2.27. The van der Waals surface area contributed by atoms with Crippen LogP contribution in [0.3, 0.4) is 0 Å². The smallest absolute Gasteiger partial charge is 0.343 e. The van der Waals surface area contributed by atoms with Gasteiger partial charge in [0.1, 0.15) is 12.4 Å². The van der Waals surface area contributed by atoms with Gasteiger partial charge in [-0.3, -0.25) is 4.79 Å². The maximum Gasteiger partial charge on any atom is 0.405 e. The fourth-order valence-electron chi connectivity index (χ4n) is 0.967. The maximum absolute atomic E-state index is 12.9. The molecular formula is C9H6F4INO. The van der Waals surface area contributed by atoms with Crippen LogP contribution in [-0.2, 0) is 0 Å². The number of hydrogen-bond donors (Lipinski definition) is 1. The Balaban J connectivity index is 2.73. The molecule has 16 heavy (non-hydrogen) atoms. The fraction of sp³-hybridized carbons (Fsp3) is 0.222. The van der Waals surface area contributed by atoms with Crippen molar-refractivity contribution in [2.24, 2.45) is 0 Å². The molecule has 0 fully saturated rings. The van der Waals surface area contributed by atoms with Crippen LogP contribution in [-0.4, -0.2) is 18.6 Å². The summed E-state index contributed by atoms with van der Waals surface area (Å²) >= 11 is 1.77. The molecule has 0 bridgehead atoms. The molecule has 1 amide bonds. The fourth-order valence-corrected chi connectivity index (χ4v) is 1.60. The average Bonchev–Trinajstić information content (AvgIpc) is 2.11. The van der Waals surface area contributed by atoms with Gasteiger partial charge in [-0.1, -0.05) is 0 Å². The molecule has 0 spiro atoms. The highest BCUT2D eigenvalue weighted by Crippen LogP contribution is 2.14. The molecule has 2 nitrogen and oxygen atoms in total. The van der Waals surface area contributed by atoms with Gasteiger partial charge < -0.3 is 5.32 Å². The van der Waals surface area contributed by atoms with Crippen molar-refractivity contribution in [3.8, 4) is 0 Å². The van der Waals surface area contributed by atoms with Crippen LogP contribution in [0.5, 0.6) is 0 Å². The Hall–Kier alpha value is -0.860. The standard InChI is InChI=1S/C9H6F4INO/c10-6-1-5(2-7(14)3-6)8(16)15-4-9(11,12)13/h1-3H,4H2,(H,15,16). The zero-order valence-corrected chi connectivity index (χ0v) is 9.89. The van der Waals surface area contributed by atoms with Gasteiger partial charge in [0.15, 0.2) is 0 Å². The van der Waals surface area contributed by atoms with Crippen LogP contribution in [0.4, 0.5) is 17.6 Å². The SMILES string of the molecule is O=C(NCC(F)(F)F)c1cc(F)cc(I)c1. The summed E-state index contributed by atoms with van der Waals surface area (Å²) in [5.74, 6) is -1.61. The van der Waals surface area contributed by atoms with E-state index in [1.165, 1.54) is 12.1 Å². The quantitative estimate of drug-likeness (QED) is 0.647. The van der Waals surface area contributed by atoms with E-state index in [4.69, 9.17) is 0 Å². The van der Waals surface area contributed by atoms with Gasteiger partial charge in [0.05, 0.1) is 0 Å². The Morgan fingerprint density at radius 2 is 1.94 bits per heavy atom. The lowest BCUT2D eigenvalue weighted by Gasteiger charge is -2.08. The molecule has 0 radical (unpaired) electrons. The molecule has 1 rings (SSSR count). The lowest BCUT2D eigenvalue weighted by molar-refractivity contribution is -0.123. The lowest BCUT2D eigenvalue weighted by Crippen LogP contribution is -2.33. The summed E-state index contributed by atoms with van der Waals surface area (Å²) in [6.45, 7) is -1.43. The second kappa shape index (κ2) is 4.98. The second-order valence-corrected chi connectivity index (χ2v) is 4.20. The molecule has 1 aromatic carbocycles. The predicted molar refractivity (Wildman–Crippen MR) is 57.5 cm³/mol. The molecule has 0 aliphatic heterocycles. The maximum atomic E-state index is 12.9. The predicted octanol–water partition coefficient (Wildman–Crippen LogP) is 2.72. The van der Waals surface area contributed by atoms with Crippen LogP contribution in [0.25, 0.3) is 0 Å². The highest BCUT2D eigenvalue weighted by molar-refractivity contribution is 14.1. The van der Waals surface area contributed by atoms with Gasteiger partial charge in [-0.05, 0) is 40.8 Å². The molecule has 0 heterocycles. The summed E-state index contributed by atoms with van der Waals surface area (Å²) in [6, 6.07) is 3.35. The summed E-state index contributed by atoms with van der Waals surface area (Å²) in [7, 11) is 0. The van der Waals surface area contributed by atoms with Gasteiger partial charge >= 0.3 is 6.18 Å². The van der Waals surface area contributed by atoms with Gasteiger partial charge in [0.2, 0.25) is 0 Å². The third kappa shape index (κ3) is 4.33. The van der Waals surface area contributed by atoms with E-state index in [0.717, 1.165) is 6.07 Å². The van der Waals surface area contributed by atoms with Gasteiger partial charge in [0.25, 0.3) is 5.91 Å². The van der Waals surface area contributed by atoms with Crippen molar-refractivity contribution in [3.63, 3.8) is 0 Å². The number of nitrogens with one attached hydrogen (secondary N) is 1. The van der Waals surface area contributed by atoms with Crippen LogP contribution in [0.1, 0.15) is 10.4 Å². The van der Waals surface area contributed by atoms with Crippen molar-refractivity contribution in [1.29, 1.82) is 0 Å². The van der Waals surface area contributed by atoms with Crippen LogP contribution >= 0.6 is 22.6 Å². The van der Waals surface area contributed by atoms with Crippen LogP contribution in [0.15, 0.2) is 18.2 Å². The van der Waals surface area contributed by atoms with E-state index >= 15 is 0 Å². The Bertz CT molecular complexity index is 385. The Kier molecular flexibility index (Phi) is 4.11. The van der Waals surface area contributed by atoms with Crippen molar-refractivity contribution in [3.05, 3.63) is 33.1 Å². The molecule has 0 aliphatic rings. The number of rotatable bonds is 2. The van der Waals surface area contributed by atoms with Crippen molar-refractivity contribution in [2.75, 3.05) is 6.54 Å². The molecule has 7 heteroatoms. The van der Waals surface area contributed by atoms with E-state index in [1.807, 2.05) is 0 Å². The first-order valence-electron chi connectivity index (χ1n) is 4.09. The number of carbonyl (C=O) groups excluding carboxylic acids is 1. The molecular weight excluding hydrogens is 341 g/mol. The topological polar surface area (TPSA) is 29.1 Å². The highest BCUT2D eigenvalue weighted by atomic mass is 127. The Morgan fingerprint density at radius 1 is 1.31 bits per heavy atom. The van der Waals surface area contributed by atoms with Crippen LogP contribution in [0.2, 0.25) is 0 Å². The molecule has 1 N–H and O–H groups in total. The summed E-state index contributed by atoms with van der Waals surface area (Å²) < 4.78 is 48.7. The molecule has 88 valence electrons. The minimum Gasteiger partial charge on any atom is -0.343 e. The van der Waals surface area contributed by atoms with Crippen LogP contribution in [0, 0.1) is 9.39 Å². The van der Waals surface area contributed by atoms with Crippen molar-refractivity contribution in [2.45, 2.75) is 6.18 Å². The van der Waals surface area contributed by atoms with E-state index in [9.17, 15) is 22.4 Å². The molecule has 1 aromatic rings. The van der Waals surface area contributed by atoms with E-state index in [0.29, 0.717) is 3.57 Å². The first-order valence-corrected chi connectivity index (χ1v) is 5.17. The third-order valence-corrected chi connectivity index (χ3v) is 2.20. The van der Waals surface area contributed by atoms with E-state index in [1.54, 1.807) is 27.9 Å². The number of amides is 1. The zero-order chi connectivity index (χ0) is 12.3. The van der Waals surface area contributed by atoms with Gasteiger partial charge in [-0.25, -0.2) is 4.39 Å². The first kappa shape index (κ1) is 13.2. The number of halogens is 5. The zero-order valence-electron chi connectivity index (χ0n) is 7.74. The minimum absolute atomic E-state index is 0.131. The van der Waals surface area contributed by atoms with E-state index in [2.05, 4.69) is 0 Å². The molecule has 0 aliphatic carbocycles. The third-order valence-electron chi connectivity index (χ3n) is 1.57. The summed E-state index contributed by atoms with van der Waals surface area (Å²) in [5, 5.41) is 1.66. The summed E-state index contributed by atoms with van der Waals surface area (Å²) in [6.07, 6.45) is -4.48. The number of benzene rings is 1. The number of hydrogen-bond acceptors (Lipinski definition) is 1. The Morgan fingerprint density at radius 3 is 2.44 bits per heavy atom. The van der Waals surface area contributed by atoms with Crippen molar-refractivity contribution < 1.29 is 22.4 Å². The number of carbonyl (C=O) groups is 1. The largest absolute Gasteiger partial charge is 0.405 e. The molecule has 0 aromatic heterocycles. The summed E-state index contributed by atoms with van der Waals surface area (Å²) in [5.41, 5.74) is -0.131. The van der Waals surface area contributed by atoms with E-state index in [-0.39, 0.29) is 5.56 Å². The van der Waals surface area contributed by atoms with Gasteiger partial charge in [-0.15, -0.1) is 0 Å². The average molecular weight is 347 g/mol. The first-order chi connectivity index (χ1) is 7.28. The second-order valence-electron chi connectivity index (χ2n) is 2.96. The number of alkyl halides is 3. The Labute approximate surface area is 102 Å². The molecule has 0 saturated heterocycles. The van der Waals surface area contributed by atoms with Crippen LogP contribution < -0.4 is 5.32 Å². The van der Waals surface area contributed by atoms with Gasteiger partial charge in [0, 0.05) is 9.13 Å². The molecule has 0 unspecified atom stereocenters. The molecule has 0 saturated carbocycles. The van der Waals surface area contributed by atoms with Crippen molar-refractivity contribution in [1.82, 2.24) is 5.32 Å². The minimum atomic E-state index is -4.48. The monoisotopic (exact) mass is 347 g/mol. The summed E-state index contributed by atoms with van der Waals surface area (Å²) in [4.78, 5) is 11.2. The lowest BCUT2D eigenvalue weighted by atomic mass is 10.2. The van der Waals surface area contributed by atoms with Crippen molar-refractivity contribution >= 4 is 28.5 Å².